The third kappa shape index (κ3) is 5.66. The molecule has 1 N–H and O–H groups in total. The molecule has 1 aliphatic heterocycles. The van der Waals surface area contributed by atoms with Gasteiger partial charge < -0.3 is 9.80 Å². The fourth-order valence-electron chi connectivity index (χ4n) is 4.44. The molecular weight excluding hydrogens is 408 g/mol. The predicted molar refractivity (Wildman–Crippen MR) is 128 cm³/mol. The Morgan fingerprint density at radius 1 is 0.968 bits per heavy atom. The zero-order valence-corrected chi connectivity index (χ0v) is 20.5. The maximum Gasteiger partial charge on any atom is 0.241 e. The second-order valence-electron chi connectivity index (χ2n) is 8.92. The largest absolute Gasteiger partial charge is 0.378 e. The quantitative estimate of drug-likeness (QED) is 0.712. The standard InChI is InChI=1S/C24H36N4O2S/c1-18-15-19(2)24(20(3)16-18)31(29,30)25-17-23(28-13-11-27(6)12-14-28)21-7-9-22(10-8-21)26(4)5/h7-10,15-16,23,25H,11-14,17H2,1-6H3. The molecule has 0 amide bonds. The molecule has 6 nitrogen and oxygen atoms in total. The van der Waals surface area contributed by atoms with Crippen LogP contribution < -0.4 is 9.62 Å². The lowest BCUT2D eigenvalue weighted by Crippen LogP contribution is -2.48. The van der Waals surface area contributed by atoms with Gasteiger partial charge in [0.05, 0.1) is 4.90 Å². The van der Waals surface area contributed by atoms with Crippen molar-refractivity contribution in [1.29, 1.82) is 0 Å². The van der Waals surface area contributed by atoms with Crippen LogP contribution in [-0.4, -0.2) is 72.1 Å². The number of likely N-dealkylation sites (N-methyl/N-ethyl adjacent to an activating group) is 1. The van der Waals surface area contributed by atoms with Crippen LogP contribution in [0.5, 0.6) is 0 Å². The van der Waals surface area contributed by atoms with Crippen LogP contribution in [0.15, 0.2) is 41.3 Å². The smallest absolute Gasteiger partial charge is 0.241 e. The Kier molecular flexibility index (Phi) is 7.42. The van der Waals surface area contributed by atoms with Crippen molar-refractivity contribution in [2.75, 3.05) is 58.8 Å². The minimum absolute atomic E-state index is 0.00857. The first kappa shape index (κ1) is 23.7. The molecule has 0 spiro atoms. The van der Waals surface area contributed by atoms with Gasteiger partial charge in [-0.05, 0) is 56.6 Å². The van der Waals surface area contributed by atoms with Gasteiger partial charge in [0, 0.05) is 58.5 Å². The van der Waals surface area contributed by atoms with Gasteiger partial charge in [-0.25, -0.2) is 13.1 Å². The van der Waals surface area contributed by atoms with Crippen molar-refractivity contribution in [3.05, 3.63) is 58.7 Å². The third-order valence-corrected chi connectivity index (χ3v) is 7.84. The molecule has 1 fully saturated rings. The Hall–Kier alpha value is -1.93. The Bertz CT molecular complexity index is 972. The van der Waals surface area contributed by atoms with Crippen LogP contribution >= 0.6 is 0 Å². The van der Waals surface area contributed by atoms with Gasteiger partial charge in [-0.2, -0.15) is 0 Å². The number of nitrogens with one attached hydrogen (secondary N) is 1. The first-order valence-electron chi connectivity index (χ1n) is 10.9. The Morgan fingerprint density at radius 3 is 2.03 bits per heavy atom. The highest BCUT2D eigenvalue weighted by Crippen LogP contribution is 2.26. The molecule has 1 aliphatic rings. The number of sulfonamides is 1. The molecule has 0 bridgehead atoms. The van der Waals surface area contributed by atoms with Gasteiger partial charge in [0.2, 0.25) is 10.0 Å². The molecule has 1 atom stereocenters. The zero-order chi connectivity index (χ0) is 22.8. The van der Waals surface area contributed by atoms with Crippen LogP contribution in [0.4, 0.5) is 5.69 Å². The summed E-state index contributed by atoms with van der Waals surface area (Å²) in [6.07, 6.45) is 0. The van der Waals surface area contributed by atoms with Gasteiger partial charge in [-0.3, -0.25) is 4.90 Å². The number of hydrogen-bond donors (Lipinski definition) is 1. The molecule has 2 aromatic carbocycles. The first-order valence-corrected chi connectivity index (χ1v) is 12.3. The average Bonchev–Trinajstić information content (AvgIpc) is 2.68. The summed E-state index contributed by atoms with van der Waals surface area (Å²) in [5.41, 5.74) is 4.92. The number of hydrogen-bond acceptors (Lipinski definition) is 5. The van der Waals surface area contributed by atoms with E-state index in [0.29, 0.717) is 11.4 Å². The SMILES string of the molecule is Cc1cc(C)c(S(=O)(=O)NCC(c2ccc(N(C)C)cc2)N2CCN(C)CC2)c(C)c1. The van der Waals surface area contributed by atoms with Crippen molar-refractivity contribution < 1.29 is 8.42 Å². The minimum atomic E-state index is -3.61. The van der Waals surface area contributed by atoms with Crippen LogP contribution in [0, 0.1) is 20.8 Å². The lowest BCUT2D eigenvalue weighted by Gasteiger charge is -2.38. The van der Waals surface area contributed by atoms with Gasteiger partial charge in [0.25, 0.3) is 0 Å². The van der Waals surface area contributed by atoms with Crippen LogP contribution in [0.3, 0.4) is 0 Å². The fraction of sp³-hybridized carbons (Fsp3) is 0.500. The topological polar surface area (TPSA) is 55.9 Å². The van der Waals surface area contributed by atoms with Crippen LogP contribution in [0.2, 0.25) is 0 Å². The minimum Gasteiger partial charge on any atom is -0.378 e. The van der Waals surface area contributed by atoms with Gasteiger partial charge >= 0.3 is 0 Å². The van der Waals surface area contributed by atoms with Crippen molar-refractivity contribution in [2.45, 2.75) is 31.7 Å². The molecule has 0 aromatic heterocycles. The van der Waals surface area contributed by atoms with E-state index in [1.807, 2.05) is 47.0 Å². The molecular formula is C24H36N4O2S. The van der Waals surface area contributed by atoms with Gasteiger partial charge in [-0.1, -0.05) is 29.8 Å². The monoisotopic (exact) mass is 444 g/mol. The third-order valence-electron chi connectivity index (χ3n) is 6.11. The molecule has 2 aromatic rings. The van der Waals surface area contributed by atoms with Crippen molar-refractivity contribution in [1.82, 2.24) is 14.5 Å². The molecule has 0 saturated carbocycles. The molecule has 0 radical (unpaired) electrons. The molecule has 1 heterocycles. The number of rotatable bonds is 7. The average molecular weight is 445 g/mol. The molecule has 1 saturated heterocycles. The summed E-state index contributed by atoms with van der Waals surface area (Å²) in [5, 5.41) is 0. The van der Waals surface area contributed by atoms with E-state index in [1.165, 1.54) is 0 Å². The summed E-state index contributed by atoms with van der Waals surface area (Å²) in [4.78, 5) is 7.17. The second-order valence-corrected chi connectivity index (χ2v) is 10.6. The highest BCUT2D eigenvalue weighted by atomic mass is 32.2. The predicted octanol–water partition coefficient (Wildman–Crippen LogP) is 2.94. The van der Waals surface area contributed by atoms with E-state index in [-0.39, 0.29) is 6.04 Å². The lowest BCUT2D eigenvalue weighted by atomic mass is 10.0. The number of aryl methyl sites for hydroxylation is 3. The van der Waals surface area contributed by atoms with Crippen LogP contribution in [0.1, 0.15) is 28.3 Å². The lowest BCUT2D eigenvalue weighted by molar-refractivity contribution is 0.113. The molecule has 31 heavy (non-hydrogen) atoms. The summed E-state index contributed by atoms with van der Waals surface area (Å²) in [7, 11) is 2.56. The Balaban J connectivity index is 1.86. The molecule has 170 valence electrons. The molecule has 3 rings (SSSR count). The second kappa shape index (κ2) is 9.69. The van der Waals surface area contributed by atoms with E-state index in [0.717, 1.165) is 54.1 Å². The number of benzene rings is 2. The van der Waals surface area contributed by atoms with E-state index >= 15 is 0 Å². The highest BCUT2D eigenvalue weighted by Gasteiger charge is 2.27. The van der Waals surface area contributed by atoms with Gasteiger partial charge in [0.1, 0.15) is 0 Å². The summed E-state index contributed by atoms with van der Waals surface area (Å²) in [6.45, 7) is 9.87. The molecule has 0 aliphatic carbocycles. The number of anilines is 1. The van der Waals surface area contributed by atoms with Crippen molar-refractivity contribution >= 4 is 15.7 Å². The van der Waals surface area contributed by atoms with Crippen molar-refractivity contribution in [3.8, 4) is 0 Å². The van der Waals surface area contributed by atoms with E-state index in [4.69, 9.17) is 0 Å². The van der Waals surface area contributed by atoms with Crippen LogP contribution in [-0.2, 0) is 10.0 Å². The van der Waals surface area contributed by atoms with Crippen molar-refractivity contribution in [3.63, 3.8) is 0 Å². The van der Waals surface area contributed by atoms with Gasteiger partial charge in [-0.15, -0.1) is 0 Å². The Labute approximate surface area is 187 Å². The maximum absolute atomic E-state index is 13.3. The van der Waals surface area contributed by atoms with E-state index in [9.17, 15) is 8.42 Å². The first-order chi connectivity index (χ1) is 14.6. The van der Waals surface area contributed by atoms with E-state index in [2.05, 4.69) is 50.7 Å². The van der Waals surface area contributed by atoms with E-state index in [1.54, 1.807) is 0 Å². The highest BCUT2D eigenvalue weighted by molar-refractivity contribution is 7.89. The zero-order valence-electron chi connectivity index (χ0n) is 19.6. The molecule has 1 unspecified atom stereocenters. The van der Waals surface area contributed by atoms with Crippen molar-refractivity contribution in [2.24, 2.45) is 0 Å². The fourth-order valence-corrected chi connectivity index (χ4v) is 5.92. The number of piperazine rings is 1. The maximum atomic E-state index is 13.3. The molecule has 7 heteroatoms. The summed E-state index contributed by atoms with van der Waals surface area (Å²) >= 11 is 0. The van der Waals surface area contributed by atoms with Crippen LogP contribution in [0.25, 0.3) is 0 Å². The normalized spacial score (nSPS) is 17.0. The summed E-state index contributed by atoms with van der Waals surface area (Å²) < 4.78 is 29.4. The Morgan fingerprint density at radius 2 is 1.52 bits per heavy atom. The number of nitrogens with zero attached hydrogens (tertiary/aromatic N) is 3. The van der Waals surface area contributed by atoms with Gasteiger partial charge in [0.15, 0.2) is 0 Å². The van der Waals surface area contributed by atoms with E-state index < -0.39 is 10.0 Å². The summed E-state index contributed by atoms with van der Waals surface area (Å²) in [6, 6.07) is 12.3. The summed E-state index contributed by atoms with van der Waals surface area (Å²) in [5.74, 6) is 0.